The van der Waals surface area contributed by atoms with Gasteiger partial charge in [-0.1, -0.05) is 0 Å². The van der Waals surface area contributed by atoms with E-state index in [9.17, 15) is 14.4 Å². The van der Waals surface area contributed by atoms with Crippen LogP contribution < -0.4 is 15.5 Å². The molecule has 8 heteroatoms. The van der Waals surface area contributed by atoms with Gasteiger partial charge in [-0.2, -0.15) is 0 Å². The Kier molecular flexibility index (Phi) is 6.07. The number of carbonyl (C=O) groups is 3. The van der Waals surface area contributed by atoms with Crippen LogP contribution in [0.5, 0.6) is 0 Å². The maximum atomic E-state index is 13.0. The highest BCUT2D eigenvalue weighted by Gasteiger charge is 2.44. The lowest BCUT2D eigenvalue weighted by molar-refractivity contribution is -0.136. The number of rotatable bonds is 3. The average molecular weight is 494 g/mol. The SMILES string of the molecule is CC1(N2CCN(c3ccc4c(c3)CN(C3CCC(=O)NC3=O)C4=O)CC2)CCC2(CCNCC2)CC1. The summed E-state index contributed by atoms with van der Waals surface area (Å²) in [5.74, 6) is -0.714. The number of imide groups is 1. The molecule has 8 nitrogen and oxygen atoms in total. The molecule has 3 amide bonds. The van der Waals surface area contributed by atoms with Gasteiger partial charge in [0.15, 0.2) is 0 Å². The van der Waals surface area contributed by atoms with E-state index >= 15 is 0 Å². The number of amides is 3. The van der Waals surface area contributed by atoms with Crippen molar-refractivity contribution in [3.63, 3.8) is 0 Å². The Morgan fingerprint density at radius 3 is 2.33 bits per heavy atom. The predicted octanol–water partition coefficient (Wildman–Crippen LogP) is 2.27. The molecule has 0 aromatic heterocycles. The van der Waals surface area contributed by atoms with Crippen molar-refractivity contribution >= 4 is 23.4 Å². The maximum Gasteiger partial charge on any atom is 0.255 e. The highest BCUT2D eigenvalue weighted by Crippen LogP contribution is 2.48. The lowest BCUT2D eigenvalue weighted by Gasteiger charge is -2.53. The second-order valence-electron chi connectivity index (χ2n) is 12.0. The van der Waals surface area contributed by atoms with Gasteiger partial charge in [-0.05, 0) is 94.1 Å². The van der Waals surface area contributed by atoms with Crippen LogP contribution in [0.3, 0.4) is 0 Å². The second kappa shape index (κ2) is 9.14. The summed E-state index contributed by atoms with van der Waals surface area (Å²) in [6.07, 6.45) is 8.73. The monoisotopic (exact) mass is 493 g/mol. The largest absolute Gasteiger partial charge is 0.369 e. The van der Waals surface area contributed by atoms with E-state index in [2.05, 4.69) is 39.5 Å². The van der Waals surface area contributed by atoms with Crippen molar-refractivity contribution in [3.05, 3.63) is 29.3 Å². The van der Waals surface area contributed by atoms with E-state index in [1.165, 1.54) is 51.6 Å². The van der Waals surface area contributed by atoms with Crippen LogP contribution in [0.1, 0.15) is 74.2 Å². The van der Waals surface area contributed by atoms with Gasteiger partial charge in [-0.3, -0.25) is 24.6 Å². The number of fused-ring (bicyclic) bond motifs is 1. The summed E-state index contributed by atoms with van der Waals surface area (Å²) in [5.41, 5.74) is 3.74. The van der Waals surface area contributed by atoms with Gasteiger partial charge >= 0.3 is 0 Å². The molecule has 4 heterocycles. The summed E-state index contributed by atoms with van der Waals surface area (Å²) in [5, 5.41) is 5.91. The first-order valence-corrected chi connectivity index (χ1v) is 13.8. The van der Waals surface area contributed by atoms with E-state index in [-0.39, 0.29) is 24.1 Å². The summed E-state index contributed by atoms with van der Waals surface area (Å²) >= 11 is 0. The van der Waals surface area contributed by atoms with Gasteiger partial charge in [0.1, 0.15) is 6.04 Å². The van der Waals surface area contributed by atoms with Crippen molar-refractivity contribution in [2.24, 2.45) is 5.41 Å². The molecule has 1 atom stereocenters. The van der Waals surface area contributed by atoms with Crippen LogP contribution in [-0.2, 0) is 16.1 Å². The van der Waals surface area contributed by atoms with Gasteiger partial charge in [0.25, 0.3) is 5.91 Å². The van der Waals surface area contributed by atoms with E-state index in [1.807, 2.05) is 6.07 Å². The zero-order chi connectivity index (χ0) is 24.9. The fraction of sp³-hybridized carbons (Fsp3) is 0.679. The summed E-state index contributed by atoms with van der Waals surface area (Å²) in [4.78, 5) is 43.7. The van der Waals surface area contributed by atoms with Crippen molar-refractivity contribution < 1.29 is 14.4 Å². The molecule has 194 valence electrons. The lowest BCUT2D eigenvalue weighted by Crippen LogP contribution is -2.58. The van der Waals surface area contributed by atoms with Crippen LogP contribution in [0.25, 0.3) is 0 Å². The van der Waals surface area contributed by atoms with Gasteiger partial charge in [0, 0.05) is 55.9 Å². The Bertz CT molecular complexity index is 1050. The molecular weight excluding hydrogens is 454 g/mol. The average Bonchev–Trinajstić information content (AvgIpc) is 3.22. The lowest BCUT2D eigenvalue weighted by atomic mass is 9.63. The van der Waals surface area contributed by atoms with E-state index in [1.54, 1.807) is 4.90 Å². The van der Waals surface area contributed by atoms with Crippen molar-refractivity contribution in [1.29, 1.82) is 0 Å². The van der Waals surface area contributed by atoms with Gasteiger partial charge < -0.3 is 15.1 Å². The number of benzene rings is 1. The number of hydrogen-bond donors (Lipinski definition) is 2. The Morgan fingerprint density at radius 1 is 0.917 bits per heavy atom. The molecule has 1 aromatic carbocycles. The number of nitrogens with one attached hydrogen (secondary N) is 2. The number of anilines is 1. The van der Waals surface area contributed by atoms with Crippen molar-refractivity contribution in [1.82, 2.24) is 20.4 Å². The number of piperidine rings is 2. The van der Waals surface area contributed by atoms with Crippen LogP contribution in [0.4, 0.5) is 5.69 Å². The Morgan fingerprint density at radius 2 is 1.64 bits per heavy atom. The molecule has 6 rings (SSSR count). The molecule has 2 N–H and O–H groups in total. The third-order valence-electron chi connectivity index (χ3n) is 9.97. The van der Waals surface area contributed by atoms with Crippen molar-refractivity contribution in [2.75, 3.05) is 44.2 Å². The molecule has 36 heavy (non-hydrogen) atoms. The highest BCUT2D eigenvalue weighted by atomic mass is 16.2. The normalized spacial score (nSPS) is 28.4. The zero-order valence-corrected chi connectivity index (χ0v) is 21.5. The van der Waals surface area contributed by atoms with Gasteiger partial charge in [0.05, 0.1) is 0 Å². The van der Waals surface area contributed by atoms with Crippen molar-refractivity contribution in [2.45, 2.75) is 76.4 Å². The molecule has 4 aliphatic heterocycles. The van der Waals surface area contributed by atoms with E-state index in [0.717, 1.165) is 37.4 Å². The predicted molar refractivity (Wildman–Crippen MR) is 138 cm³/mol. The van der Waals surface area contributed by atoms with E-state index in [4.69, 9.17) is 0 Å². The Balaban J connectivity index is 1.07. The third-order valence-corrected chi connectivity index (χ3v) is 9.97. The fourth-order valence-corrected chi connectivity index (χ4v) is 7.35. The van der Waals surface area contributed by atoms with Gasteiger partial charge in [-0.15, -0.1) is 0 Å². The molecule has 1 aromatic rings. The number of carbonyl (C=O) groups excluding carboxylic acids is 3. The minimum absolute atomic E-state index is 0.104. The summed E-state index contributed by atoms with van der Waals surface area (Å²) in [7, 11) is 0. The maximum absolute atomic E-state index is 13.0. The number of hydrogen-bond acceptors (Lipinski definition) is 6. The summed E-state index contributed by atoms with van der Waals surface area (Å²) in [6.45, 7) is 9.43. The molecule has 3 saturated heterocycles. The van der Waals surface area contributed by atoms with Crippen LogP contribution in [0.2, 0.25) is 0 Å². The van der Waals surface area contributed by atoms with Crippen LogP contribution in [0, 0.1) is 5.41 Å². The standard InChI is InChI=1S/C28H39N5O3/c1-27(6-8-28(9-7-27)10-12-29-13-11-28)32-16-14-31(15-17-32)21-2-3-22-20(18-21)19-33(26(22)36)23-4-5-24(34)30-25(23)35/h2-3,18,23,29H,4-17,19H2,1H3,(H,30,34,35). The Hall–Kier alpha value is -2.45. The zero-order valence-electron chi connectivity index (χ0n) is 21.5. The molecule has 1 spiro atoms. The molecule has 0 radical (unpaired) electrons. The fourth-order valence-electron chi connectivity index (χ4n) is 7.35. The van der Waals surface area contributed by atoms with E-state index < -0.39 is 6.04 Å². The first kappa shape index (κ1) is 23.9. The quantitative estimate of drug-likeness (QED) is 0.629. The molecule has 1 unspecified atom stereocenters. The molecule has 1 saturated carbocycles. The molecular formula is C28H39N5O3. The first-order chi connectivity index (χ1) is 17.4. The van der Waals surface area contributed by atoms with Gasteiger partial charge in [0.2, 0.25) is 11.8 Å². The van der Waals surface area contributed by atoms with Crippen LogP contribution in [0.15, 0.2) is 18.2 Å². The van der Waals surface area contributed by atoms with Crippen molar-refractivity contribution in [3.8, 4) is 0 Å². The summed E-state index contributed by atoms with van der Waals surface area (Å²) < 4.78 is 0. The Labute approximate surface area is 213 Å². The second-order valence-corrected chi connectivity index (χ2v) is 12.0. The first-order valence-electron chi connectivity index (χ1n) is 13.8. The number of piperazine rings is 1. The highest BCUT2D eigenvalue weighted by molar-refractivity contribution is 6.05. The van der Waals surface area contributed by atoms with Crippen LogP contribution >= 0.6 is 0 Å². The number of nitrogens with zero attached hydrogens (tertiary/aromatic N) is 3. The van der Waals surface area contributed by atoms with E-state index in [0.29, 0.717) is 29.5 Å². The molecule has 1 aliphatic carbocycles. The van der Waals surface area contributed by atoms with Gasteiger partial charge in [-0.25, -0.2) is 0 Å². The van der Waals surface area contributed by atoms with Crippen LogP contribution in [-0.4, -0.2) is 78.4 Å². The minimum atomic E-state index is -0.560. The topological polar surface area (TPSA) is 85.0 Å². The minimum Gasteiger partial charge on any atom is -0.369 e. The molecule has 4 fully saturated rings. The third kappa shape index (κ3) is 4.22. The molecule has 0 bridgehead atoms. The molecule has 5 aliphatic rings. The summed E-state index contributed by atoms with van der Waals surface area (Å²) in [6, 6.07) is 5.56. The smallest absolute Gasteiger partial charge is 0.255 e.